The number of H-pyrrole nitrogens is 1. The molecule has 7 heteroatoms. The molecule has 114 valence electrons. The molecule has 0 saturated heterocycles. The highest BCUT2D eigenvalue weighted by Gasteiger charge is 2.25. The Labute approximate surface area is 130 Å². The first kappa shape index (κ1) is 14.6. The monoisotopic (exact) mass is 319 g/mol. The molecular weight excluding hydrogens is 306 g/mol. The molecule has 0 radical (unpaired) electrons. The van der Waals surface area contributed by atoms with Gasteiger partial charge in [0, 0.05) is 17.3 Å². The quantitative estimate of drug-likeness (QED) is 0.886. The lowest BCUT2D eigenvalue weighted by Crippen LogP contribution is -2.41. The molecule has 1 aliphatic rings. The summed E-state index contributed by atoms with van der Waals surface area (Å²) in [5, 5.41) is 3.19. The zero-order valence-corrected chi connectivity index (χ0v) is 12.4. The third-order valence-electron chi connectivity index (χ3n) is 3.50. The number of aromatic nitrogens is 2. The number of halogens is 1. The molecule has 6 nitrogen and oxygen atoms in total. The lowest BCUT2D eigenvalue weighted by atomic mass is 10.2. The number of nitrogens with zero attached hydrogens (tertiary/aromatic N) is 1. The zero-order chi connectivity index (χ0) is 15.7. The van der Waals surface area contributed by atoms with E-state index >= 15 is 0 Å². The third-order valence-corrected chi connectivity index (χ3v) is 3.87. The molecule has 1 heterocycles. The van der Waals surface area contributed by atoms with Gasteiger partial charge in [0.1, 0.15) is 5.56 Å². The van der Waals surface area contributed by atoms with E-state index in [9.17, 15) is 14.4 Å². The van der Waals surface area contributed by atoms with Crippen molar-refractivity contribution in [2.24, 2.45) is 0 Å². The minimum atomic E-state index is -0.623. The van der Waals surface area contributed by atoms with Crippen molar-refractivity contribution in [3.05, 3.63) is 67.4 Å². The van der Waals surface area contributed by atoms with Crippen LogP contribution in [0.5, 0.6) is 0 Å². The number of hydrogen-bond donors (Lipinski definition) is 2. The van der Waals surface area contributed by atoms with Crippen LogP contribution in [0.25, 0.3) is 0 Å². The molecular formula is C15H14ClN3O3. The van der Waals surface area contributed by atoms with Crippen molar-refractivity contribution in [3.8, 4) is 0 Å². The molecule has 2 aromatic rings. The Morgan fingerprint density at radius 3 is 2.73 bits per heavy atom. The van der Waals surface area contributed by atoms with Crippen LogP contribution in [0.2, 0.25) is 5.02 Å². The Hall–Kier alpha value is -2.34. The number of hydrogen-bond acceptors (Lipinski definition) is 3. The van der Waals surface area contributed by atoms with Gasteiger partial charge < -0.3 is 10.3 Å². The largest absolute Gasteiger partial charge is 0.349 e. The molecule has 1 amide bonds. The van der Waals surface area contributed by atoms with Gasteiger partial charge in [0.2, 0.25) is 0 Å². The normalized spacial score (nSPS) is 13.9. The Balaban J connectivity index is 1.97. The standard InChI is InChI=1S/C15H14ClN3O3/c16-12-4-2-1-3-9(12)8-19-14(21)11(7-17-15(19)22)13(20)18-10-5-6-10/h1-4,7,10H,5-6,8H2,(H,17,22)(H,18,20). The molecule has 1 aliphatic carbocycles. The lowest BCUT2D eigenvalue weighted by Gasteiger charge is -2.08. The van der Waals surface area contributed by atoms with E-state index in [4.69, 9.17) is 11.6 Å². The van der Waals surface area contributed by atoms with Gasteiger partial charge in [0.15, 0.2) is 0 Å². The Kier molecular flexibility index (Phi) is 3.85. The fourth-order valence-electron chi connectivity index (χ4n) is 2.11. The molecule has 2 N–H and O–H groups in total. The Morgan fingerprint density at radius 2 is 2.05 bits per heavy atom. The van der Waals surface area contributed by atoms with Crippen LogP contribution < -0.4 is 16.6 Å². The van der Waals surface area contributed by atoms with Crippen molar-refractivity contribution in [1.82, 2.24) is 14.9 Å². The Morgan fingerprint density at radius 1 is 1.32 bits per heavy atom. The number of amides is 1. The summed E-state index contributed by atoms with van der Waals surface area (Å²) in [5.74, 6) is -0.461. The highest BCUT2D eigenvalue weighted by atomic mass is 35.5. The summed E-state index contributed by atoms with van der Waals surface area (Å²) >= 11 is 6.05. The van der Waals surface area contributed by atoms with Gasteiger partial charge >= 0.3 is 5.69 Å². The van der Waals surface area contributed by atoms with E-state index in [0.29, 0.717) is 10.6 Å². The summed E-state index contributed by atoms with van der Waals surface area (Å²) in [7, 11) is 0. The second-order valence-corrected chi connectivity index (χ2v) is 5.65. The molecule has 1 aromatic carbocycles. The van der Waals surface area contributed by atoms with E-state index < -0.39 is 17.2 Å². The van der Waals surface area contributed by atoms with Crippen LogP contribution in [0, 0.1) is 0 Å². The van der Waals surface area contributed by atoms with Gasteiger partial charge in [0.05, 0.1) is 6.54 Å². The molecule has 1 fully saturated rings. The van der Waals surface area contributed by atoms with Crippen molar-refractivity contribution >= 4 is 17.5 Å². The Bertz CT molecular complexity index is 836. The minimum absolute atomic E-state index is 0.0123. The van der Waals surface area contributed by atoms with Crippen molar-refractivity contribution in [1.29, 1.82) is 0 Å². The van der Waals surface area contributed by atoms with Crippen LogP contribution >= 0.6 is 11.6 Å². The number of nitrogens with one attached hydrogen (secondary N) is 2. The second-order valence-electron chi connectivity index (χ2n) is 5.24. The average molecular weight is 320 g/mol. The van der Waals surface area contributed by atoms with Crippen molar-refractivity contribution < 1.29 is 4.79 Å². The van der Waals surface area contributed by atoms with Gasteiger partial charge in [-0.25, -0.2) is 4.79 Å². The SMILES string of the molecule is O=C(NC1CC1)c1c[nH]c(=O)n(Cc2ccccc2Cl)c1=O. The first-order valence-electron chi connectivity index (χ1n) is 6.93. The van der Waals surface area contributed by atoms with Crippen LogP contribution in [0.15, 0.2) is 40.1 Å². The fourth-order valence-corrected chi connectivity index (χ4v) is 2.30. The molecule has 0 unspecified atom stereocenters. The topological polar surface area (TPSA) is 84.0 Å². The first-order valence-corrected chi connectivity index (χ1v) is 7.31. The third kappa shape index (κ3) is 2.96. The number of carbonyl (C=O) groups is 1. The highest BCUT2D eigenvalue weighted by molar-refractivity contribution is 6.31. The van der Waals surface area contributed by atoms with Crippen molar-refractivity contribution in [3.63, 3.8) is 0 Å². The van der Waals surface area contributed by atoms with E-state index in [2.05, 4.69) is 10.3 Å². The molecule has 22 heavy (non-hydrogen) atoms. The summed E-state index contributed by atoms with van der Waals surface area (Å²) in [6.07, 6.45) is 3.00. The molecule has 1 aromatic heterocycles. The molecule has 0 bridgehead atoms. The van der Waals surface area contributed by atoms with Gasteiger partial charge in [-0.1, -0.05) is 29.8 Å². The predicted octanol–water partition coefficient (Wildman–Crippen LogP) is 1.13. The van der Waals surface area contributed by atoms with Crippen LogP contribution in [0.3, 0.4) is 0 Å². The van der Waals surface area contributed by atoms with Gasteiger partial charge in [-0.15, -0.1) is 0 Å². The summed E-state index contributed by atoms with van der Waals surface area (Å²) in [5.41, 5.74) is -0.634. The maximum Gasteiger partial charge on any atom is 0.328 e. The lowest BCUT2D eigenvalue weighted by molar-refractivity contribution is 0.0948. The highest BCUT2D eigenvalue weighted by Crippen LogP contribution is 2.19. The number of carbonyl (C=O) groups excluding carboxylic acids is 1. The molecule has 0 spiro atoms. The zero-order valence-electron chi connectivity index (χ0n) is 11.6. The van der Waals surface area contributed by atoms with Gasteiger partial charge in [-0.05, 0) is 24.5 Å². The summed E-state index contributed by atoms with van der Waals surface area (Å²) in [4.78, 5) is 38.7. The van der Waals surface area contributed by atoms with Crippen molar-refractivity contribution in [2.45, 2.75) is 25.4 Å². The van der Waals surface area contributed by atoms with Gasteiger partial charge in [-0.2, -0.15) is 0 Å². The molecule has 0 aliphatic heterocycles. The van der Waals surface area contributed by atoms with E-state index in [1.54, 1.807) is 24.3 Å². The van der Waals surface area contributed by atoms with Crippen LogP contribution in [0.1, 0.15) is 28.8 Å². The molecule has 1 saturated carbocycles. The predicted molar refractivity (Wildman–Crippen MR) is 82.4 cm³/mol. The van der Waals surface area contributed by atoms with Gasteiger partial charge in [0.25, 0.3) is 11.5 Å². The number of benzene rings is 1. The van der Waals surface area contributed by atoms with Gasteiger partial charge in [-0.3, -0.25) is 14.2 Å². The average Bonchev–Trinajstić information content (AvgIpc) is 3.29. The second kappa shape index (κ2) is 5.81. The number of rotatable bonds is 4. The molecule has 3 rings (SSSR count). The fraction of sp³-hybridized carbons (Fsp3) is 0.267. The molecule has 0 atom stereocenters. The van der Waals surface area contributed by atoms with Crippen LogP contribution in [0.4, 0.5) is 0 Å². The van der Waals surface area contributed by atoms with E-state index in [-0.39, 0.29) is 18.2 Å². The number of aromatic amines is 1. The van der Waals surface area contributed by atoms with E-state index in [1.165, 1.54) is 0 Å². The van der Waals surface area contributed by atoms with E-state index in [1.807, 2.05) is 0 Å². The van der Waals surface area contributed by atoms with Crippen LogP contribution in [-0.4, -0.2) is 21.5 Å². The minimum Gasteiger partial charge on any atom is -0.349 e. The van der Waals surface area contributed by atoms with Crippen molar-refractivity contribution in [2.75, 3.05) is 0 Å². The summed E-state index contributed by atoms with van der Waals surface area (Å²) < 4.78 is 0.975. The maximum absolute atomic E-state index is 12.4. The summed E-state index contributed by atoms with van der Waals surface area (Å²) in [6, 6.07) is 7.07. The first-order chi connectivity index (χ1) is 10.6. The van der Waals surface area contributed by atoms with Crippen LogP contribution in [-0.2, 0) is 6.54 Å². The smallest absolute Gasteiger partial charge is 0.328 e. The maximum atomic E-state index is 12.4. The van der Waals surface area contributed by atoms with E-state index in [0.717, 1.165) is 23.6 Å². The summed E-state index contributed by atoms with van der Waals surface area (Å²) in [6.45, 7) is 0.0123.